The zero-order chi connectivity index (χ0) is 15.2. The maximum atomic E-state index is 12.2. The summed E-state index contributed by atoms with van der Waals surface area (Å²) in [6.07, 6.45) is 2.99. The highest BCUT2D eigenvalue weighted by Gasteiger charge is 2.18. The molecule has 0 bridgehead atoms. The molecule has 6 heteroatoms. The van der Waals surface area contributed by atoms with Crippen molar-refractivity contribution in [2.75, 3.05) is 0 Å². The van der Waals surface area contributed by atoms with E-state index in [1.165, 1.54) is 11.3 Å². The van der Waals surface area contributed by atoms with Crippen molar-refractivity contribution < 1.29 is 8.42 Å². The number of nitrogens with one attached hydrogen (secondary N) is 2. The number of sulfonamides is 1. The summed E-state index contributed by atoms with van der Waals surface area (Å²) in [5.41, 5.74) is 0. The zero-order valence-electron chi connectivity index (χ0n) is 12.8. The average Bonchev–Trinajstić information content (AvgIpc) is 2.83. The maximum Gasteiger partial charge on any atom is 0.241 e. The summed E-state index contributed by atoms with van der Waals surface area (Å²) in [6, 6.07) is 2.14. The quantitative estimate of drug-likeness (QED) is 0.735. The van der Waals surface area contributed by atoms with Crippen LogP contribution in [-0.4, -0.2) is 20.5 Å². The molecule has 0 radical (unpaired) electrons. The van der Waals surface area contributed by atoms with Crippen molar-refractivity contribution in [3.63, 3.8) is 0 Å². The van der Waals surface area contributed by atoms with Gasteiger partial charge in [0, 0.05) is 28.9 Å². The Hall–Kier alpha value is -0.430. The van der Waals surface area contributed by atoms with Crippen LogP contribution < -0.4 is 10.0 Å². The Morgan fingerprint density at radius 1 is 1.30 bits per heavy atom. The Morgan fingerprint density at radius 3 is 2.60 bits per heavy atom. The minimum Gasteiger partial charge on any atom is -0.310 e. The lowest BCUT2D eigenvalue weighted by atomic mass is 10.2. The van der Waals surface area contributed by atoms with Crippen molar-refractivity contribution in [1.29, 1.82) is 0 Å². The van der Waals surface area contributed by atoms with Gasteiger partial charge in [-0.25, -0.2) is 13.1 Å². The first-order valence-corrected chi connectivity index (χ1v) is 9.54. The third kappa shape index (κ3) is 5.91. The standard InChI is InChI=1S/C14H26N2O2S2/c1-5-6-7-12(4)16-20(17,18)14-8-13(19-10-14)9-15-11(2)3/h8,10-12,15-16H,5-7,9H2,1-4H3. The molecule has 2 N–H and O–H groups in total. The lowest BCUT2D eigenvalue weighted by Gasteiger charge is -2.12. The molecule has 1 aromatic rings. The predicted molar refractivity (Wildman–Crippen MR) is 85.6 cm³/mol. The van der Waals surface area contributed by atoms with Crippen molar-refractivity contribution in [3.05, 3.63) is 16.3 Å². The fraction of sp³-hybridized carbons (Fsp3) is 0.714. The molecule has 0 spiro atoms. The first-order chi connectivity index (χ1) is 9.35. The van der Waals surface area contributed by atoms with Crippen molar-refractivity contribution in [3.8, 4) is 0 Å². The third-order valence-corrected chi connectivity index (χ3v) is 5.63. The Labute approximate surface area is 127 Å². The Bertz CT molecular complexity index is 495. The second-order valence-corrected chi connectivity index (χ2v) is 8.16. The molecule has 116 valence electrons. The van der Waals surface area contributed by atoms with Crippen LogP contribution in [0.3, 0.4) is 0 Å². The van der Waals surface area contributed by atoms with Crippen molar-refractivity contribution in [2.45, 2.75) is 70.5 Å². The van der Waals surface area contributed by atoms with Gasteiger partial charge in [0.25, 0.3) is 0 Å². The molecule has 1 aromatic heterocycles. The molecule has 1 rings (SSSR count). The van der Waals surface area contributed by atoms with E-state index in [9.17, 15) is 8.42 Å². The van der Waals surface area contributed by atoms with Crippen LogP contribution in [0, 0.1) is 0 Å². The highest BCUT2D eigenvalue weighted by Crippen LogP contribution is 2.20. The third-order valence-electron chi connectivity index (χ3n) is 2.97. The van der Waals surface area contributed by atoms with Gasteiger partial charge in [-0.2, -0.15) is 0 Å². The molecule has 20 heavy (non-hydrogen) atoms. The second kappa shape index (κ2) is 8.12. The SMILES string of the molecule is CCCCC(C)NS(=O)(=O)c1csc(CNC(C)C)c1. The Kier molecular flexibility index (Phi) is 7.15. The van der Waals surface area contributed by atoms with E-state index in [0.717, 1.165) is 24.1 Å². The summed E-state index contributed by atoms with van der Waals surface area (Å²) in [4.78, 5) is 1.42. The van der Waals surface area contributed by atoms with Crippen LogP contribution in [0.2, 0.25) is 0 Å². The van der Waals surface area contributed by atoms with E-state index in [4.69, 9.17) is 0 Å². The van der Waals surface area contributed by atoms with E-state index in [1.807, 2.05) is 6.92 Å². The van der Waals surface area contributed by atoms with Gasteiger partial charge in [0.05, 0.1) is 4.90 Å². The molecule has 1 atom stereocenters. The molecular weight excluding hydrogens is 292 g/mol. The molecule has 0 aliphatic carbocycles. The van der Waals surface area contributed by atoms with Crippen molar-refractivity contribution >= 4 is 21.4 Å². The maximum absolute atomic E-state index is 12.2. The van der Waals surface area contributed by atoms with Crippen LogP contribution in [0.1, 0.15) is 51.8 Å². The molecule has 0 amide bonds. The van der Waals surface area contributed by atoms with E-state index >= 15 is 0 Å². The van der Waals surface area contributed by atoms with Gasteiger partial charge in [-0.05, 0) is 19.4 Å². The van der Waals surface area contributed by atoms with Gasteiger partial charge in [-0.15, -0.1) is 11.3 Å². The van der Waals surface area contributed by atoms with Crippen LogP contribution in [-0.2, 0) is 16.6 Å². The topological polar surface area (TPSA) is 58.2 Å². The molecule has 4 nitrogen and oxygen atoms in total. The number of hydrogen-bond acceptors (Lipinski definition) is 4. The molecule has 0 saturated carbocycles. The van der Waals surface area contributed by atoms with Crippen LogP contribution in [0.25, 0.3) is 0 Å². The van der Waals surface area contributed by atoms with Gasteiger partial charge >= 0.3 is 0 Å². The summed E-state index contributed by atoms with van der Waals surface area (Å²) in [6.45, 7) is 8.88. The summed E-state index contributed by atoms with van der Waals surface area (Å²) in [7, 11) is -3.38. The van der Waals surface area contributed by atoms with E-state index < -0.39 is 10.0 Å². The largest absolute Gasteiger partial charge is 0.310 e. The highest BCUT2D eigenvalue weighted by atomic mass is 32.2. The first-order valence-electron chi connectivity index (χ1n) is 7.18. The Balaban J connectivity index is 2.63. The molecule has 1 unspecified atom stereocenters. The number of unbranched alkanes of at least 4 members (excludes halogenated alkanes) is 1. The van der Waals surface area contributed by atoms with Gasteiger partial charge in [0.15, 0.2) is 0 Å². The van der Waals surface area contributed by atoms with Gasteiger partial charge in [0.2, 0.25) is 10.0 Å². The monoisotopic (exact) mass is 318 g/mol. The van der Waals surface area contributed by atoms with E-state index in [-0.39, 0.29) is 6.04 Å². The molecule has 0 aromatic carbocycles. The lowest BCUT2D eigenvalue weighted by Crippen LogP contribution is -2.32. The molecular formula is C14H26N2O2S2. The number of hydrogen-bond donors (Lipinski definition) is 2. The minimum atomic E-state index is -3.38. The van der Waals surface area contributed by atoms with E-state index in [1.54, 1.807) is 11.4 Å². The van der Waals surface area contributed by atoms with Crippen LogP contribution in [0.15, 0.2) is 16.3 Å². The minimum absolute atomic E-state index is 0.0166. The molecule has 0 saturated heterocycles. The highest BCUT2D eigenvalue weighted by molar-refractivity contribution is 7.89. The summed E-state index contributed by atoms with van der Waals surface area (Å²) < 4.78 is 27.2. The van der Waals surface area contributed by atoms with Gasteiger partial charge in [-0.3, -0.25) is 0 Å². The van der Waals surface area contributed by atoms with E-state index in [0.29, 0.717) is 17.5 Å². The predicted octanol–water partition coefficient (Wildman–Crippen LogP) is 3.10. The van der Waals surface area contributed by atoms with Gasteiger partial charge < -0.3 is 5.32 Å². The van der Waals surface area contributed by atoms with E-state index in [2.05, 4.69) is 30.8 Å². The first kappa shape index (κ1) is 17.6. The van der Waals surface area contributed by atoms with Crippen LogP contribution >= 0.6 is 11.3 Å². The molecule has 0 aliphatic rings. The number of thiophene rings is 1. The molecule has 0 fully saturated rings. The van der Waals surface area contributed by atoms with Crippen LogP contribution in [0.5, 0.6) is 0 Å². The summed E-state index contributed by atoms with van der Waals surface area (Å²) in [5, 5.41) is 5.00. The zero-order valence-corrected chi connectivity index (χ0v) is 14.4. The van der Waals surface area contributed by atoms with Crippen molar-refractivity contribution in [1.82, 2.24) is 10.0 Å². The fourth-order valence-electron chi connectivity index (χ4n) is 1.80. The molecule has 0 aliphatic heterocycles. The summed E-state index contributed by atoms with van der Waals surface area (Å²) in [5.74, 6) is 0. The molecule has 1 heterocycles. The average molecular weight is 319 g/mol. The van der Waals surface area contributed by atoms with Gasteiger partial charge in [-0.1, -0.05) is 33.6 Å². The fourth-order valence-corrected chi connectivity index (χ4v) is 4.30. The summed E-state index contributed by atoms with van der Waals surface area (Å²) >= 11 is 1.48. The Morgan fingerprint density at radius 2 is 2.00 bits per heavy atom. The normalized spacial score (nSPS) is 13.8. The van der Waals surface area contributed by atoms with Crippen molar-refractivity contribution in [2.24, 2.45) is 0 Å². The second-order valence-electron chi connectivity index (χ2n) is 5.45. The number of rotatable bonds is 9. The lowest BCUT2D eigenvalue weighted by molar-refractivity contribution is 0.534. The van der Waals surface area contributed by atoms with Gasteiger partial charge in [0.1, 0.15) is 0 Å². The van der Waals surface area contributed by atoms with Crippen LogP contribution in [0.4, 0.5) is 0 Å². The smallest absolute Gasteiger partial charge is 0.241 e.